The van der Waals surface area contributed by atoms with Crippen LogP contribution in [-0.4, -0.2) is 24.9 Å². The summed E-state index contributed by atoms with van der Waals surface area (Å²) in [6.45, 7) is 3.04. The molecule has 1 aliphatic heterocycles. The Morgan fingerprint density at radius 3 is 2.50 bits per heavy atom. The first-order valence-electron chi connectivity index (χ1n) is 8.66. The summed E-state index contributed by atoms with van der Waals surface area (Å²) in [6, 6.07) is 11.8. The number of para-hydroxylation sites is 2. The molecule has 1 fully saturated rings. The minimum absolute atomic E-state index is 0.0878. The van der Waals surface area contributed by atoms with Gasteiger partial charge < -0.3 is 16.0 Å². The molecule has 26 heavy (non-hydrogen) atoms. The van der Waals surface area contributed by atoms with Crippen molar-refractivity contribution in [3.63, 3.8) is 0 Å². The van der Waals surface area contributed by atoms with Crippen LogP contribution in [0.1, 0.15) is 28.8 Å². The molecule has 0 bridgehead atoms. The van der Waals surface area contributed by atoms with E-state index in [1.54, 1.807) is 6.92 Å². The number of nitrogens with one attached hydrogen (secondary N) is 1. The minimum Gasteiger partial charge on any atom is -0.370 e. The van der Waals surface area contributed by atoms with Crippen LogP contribution in [0.5, 0.6) is 0 Å². The van der Waals surface area contributed by atoms with Crippen molar-refractivity contribution in [2.75, 3.05) is 23.3 Å². The number of primary amides is 1. The molecule has 5 nitrogen and oxygen atoms in total. The van der Waals surface area contributed by atoms with Crippen LogP contribution < -0.4 is 16.0 Å². The molecule has 136 valence electrons. The highest BCUT2D eigenvalue weighted by Crippen LogP contribution is 2.30. The summed E-state index contributed by atoms with van der Waals surface area (Å²) >= 11 is 0. The van der Waals surface area contributed by atoms with Crippen LogP contribution in [0.4, 0.5) is 15.8 Å². The molecule has 1 aliphatic rings. The number of anilines is 2. The van der Waals surface area contributed by atoms with Gasteiger partial charge in [0.25, 0.3) is 5.91 Å². The van der Waals surface area contributed by atoms with Crippen molar-refractivity contribution in [3.8, 4) is 0 Å². The van der Waals surface area contributed by atoms with Crippen molar-refractivity contribution in [3.05, 3.63) is 59.4 Å². The maximum absolute atomic E-state index is 13.4. The molecule has 2 aromatic carbocycles. The first-order chi connectivity index (χ1) is 12.5. The Bertz CT molecular complexity index is 830. The summed E-state index contributed by atoms with van der Waals surface area (Å²) < 4.78 is 13.4. The van der Waals surface area contributed by atoms with Crippen LogP contribution in [0.15, 0.2) is 42.5 Å². The number of rotatable bonds is 4. The van der Waals surface area contributed by atoms with Crippen LogP contribution in [0, 0.1) is 18.7 Å². The Morgan fingerprint density at radius 1 is 1.15 bits per heavy atom. The Labute approximate surface area is 152 Å². The zero-order valence-electron chi connectivity index (χ0n) is 14.7. The average molecular weight is 355 g/mol. The molecule has 0 unspecified atom stereocenters. The van der Waals surface area contributed by atoms with Crippen LogP contribution in [0.3, 0.4) is 0 Å². The number of carbonyl (C=O) groups is 2. The van der Waals surface area contributed by atoms with E-state index >= 15 is 0 Å². The van der Waals surface area contributed by atoms with Gasteiger partial charge in [0.05, 0.1) is 11.4 Å². The molecule has 6 heteroatoms. The van der Waals surface area contributed by atoms with Gasteiger partial charge in [0.1, 0.15) is 5.82 Å². The van der Waals surface area contributed by atoms with Crippen molar-refractivity contribution in [1.29, 1.82) is 0 Å². The maximum Gasteiger partial charge on any atom is 0.255 e. The van der Waals surface area contributed by atoms with Crippen molar-refractivity contribution in [2.24, 2.45) is 11.7 Å². The highest BCUT2D eigenvalue weighted by Gasteiger charge is 2.24. The first-order valence-corrected chi connectivity index (χ1v) is 8.66. The number of carbonyl (C=O) groups excluding carboxylic acids is 2. The zero-order valence-corrected chi connectivity index (χ0v) is 14.7. The number of benzene rings is 2. The van der Waals surface area contributed by atoms with Crippen molar-refractivity contribution >= 4 is 23.2 Å². The number of nitrogens with two attached hydrogens (primary N) is 1. The summed E-state index contributed by atoms with van der Waals surface area (Å²) in [6.07, 6.45) is 1.41. The molecule has 0 aliphatic carbocycles. The average Bonchev–Trinajstić information content (AvgIpc) is 2.64. The van der Waals surface area contributed by atoms with E-state index in [-0.39, 0.29) is 23.5 Å². The second-order valence-corrected chi connectivity index (χ2v) is 6.60. The van der Waals surface area contributed by atoms with Gasteiger partial charge in [0.2, 0.25) is 5.91 Å². The van der Waals surface area contributed by atoms with Crippen molar-refractivity contribution in [2.45, 2.75) is 19.8 Å². The largest absolute Gasteiger partial charge is 0.370 e. The monoisotopic (exact) mass is 355 g/mol. The van der Waals surface area contributed by atoms with E-state index in [0.717, 1.165) is 5.69 Å². The predicted molar refractivity (Wildman–Crippen MR) is 99.7 cm³/mol. The molecule has 2 amide bonds. The topological polar surface area (TPSA) is 75.4 Å². The van der Waals surface area contributed by atoms with Gasteiger partial charge in [-0.2, -0.15) is 0 Å². The van der Waals surface area contributed by atoms with Gasteiger partial charge in [0.15, 0.2) is 0 Å². The van der Waals surface area contributed by atoms with Gasteiger partial charge in [-0.05, 0) is 55.7 Å². The molecule has 0 saturated carbocycles. The summed E-state index contributed by atoms with van der Waals surface area (Å²) in [5, 5.41) is 2.91. The third-order valence-corrected chi connectivity index (χ3v) is 4.81. The van der Waals surface area contributed by atoms with Gasteiger partial charge in [-0.15, -0.1) is 0 Å². The van der Waals surface area contributed by atoms with E-state index in [1.165, 1.54) is 18.2 Å². The zero-order chi connectivity index (χ0) is 18.7. The predicted octanol–water partition coefficient (Wildman–Crippen LogP) is 3.09. The van der Waals surface area contributed by atoms with E-state index < -0.39 is 0 Å². The fraction of sp³-hybridized carbons (Fsp3) is 0.300. The lowest BCUT2D eigenvalue weighted by molar-refractivity contribution is -0.122. The molecule has 1 saturated heterocycles. The van der Waals surface area contributed by atoms with Gasteiger partial charge in [-0.25, -0.2) is 4.39 Å². The number of hydrogen-bond acceptors (Lipinski definition) is 3. The van der Waals surface area contributed by atoms with Crippen LogP contribution in [-0.2, 0) is 4.79 Å². The fourth-order valence-electron chi connectivity index (χ4n) is 3.24. The van der Waals surface area contributed by atoms with E-state index in [4.69, 9.17) is 5.73 Å². The number of aryl methyl sites for hydroxylation is 1. The molecular weight excluding hydrogens is 333 g/mol. The molecular formula is C20H22FN3O2. The second-order valence-electron chi connectivity index (χ2n) is 6.60. The molecule has 1 heterocycles. The van der Waals surface area contributed by atoms with E-state index in [0.29, 0.717) is 42.7 Å². The van der Waals surface area contributed by atoms with Gasteiger partial charge in [-0.3, -0.25) is 9.59 Å². The number of amides is 2. The highest BCUT2D eigenvalue weighted by molar-refractivity contribution is 6.06. The number of piperidine rings is 1. The molecule has 2 aromatic rings. The molecule has 0 radical (unpaired) electrons. The third-order valence-electron chi connectivity index (χ3n) is 4.81. The standard InChI is InChI=1S/C20H22FN3O2/c1-13-12-15(6-7-16(13)21)20(26)23-17-4-2-3-5-18(17)24-10-8-14(9-11-24)19(22)25/h2-7,12,14H,8-11H2,1H3,(H2,22,25)(H,23,26). The van der Waals surface area contributed by atoms with E-state index in [9.17, 15) is 14.0 Å². The smallest absolute Gasteiger partial charge is 0.255 e. The maximum atomic E-state index is 13.4. The number of nitrogens with zero attached hydrogens (tertiary/aromatic N) is 1. The second kappa shape index (κ2) is 7.56. The first kappa shape index (κ1) is 17.9. The van der Waals surface area contributed by atoms with Crippen LogP contribution in [0.2, 0.25) is 0 Å². The van der Waals surface area contributed by atoms with Crippen LogP contribution in [0.25, 0.3) is 0 Å². The van der Waals surface area contributed by atoms with Crippen molar-refractivity contribution in [1.82, 2.24) is 0 Å². The summed E-state index contributed by atoms with van der Waals surface area (Å²) in [4.78, 5) is 26.0. The summed E-state index contributed by atoms with van der Waals surface area (Å²) in [7, 11) is 0. The lowest BCUT2D eigenvalue weighted by Gasteiger charge is -2.33. The Hall–Kier alpha value is -2.89. The molecule has 0 atom stereocenters. The quantitative estimate of drug-likeness (QED) is 0.885. The van der Waals surface area contributed by atoms with E-state index in [2.05, 4.69) is 10.2 Å². The minimum atomic E-state index is -0.334. The Morgan fingerprint density at radius 2 is 1.85 bits per heavy atom. The molecule has 3 N–H and O–H groups in total. The normalized spacial score (nSPS) is 14.9. The van der Waals surface area contributed by atoms with E-state index in [1.807, 2.05) is 24.3 Å². The van der Waals surface area contributed by atoms with Gasteiger partial charge >= 0.3 is 0 Å². The Kier molecular flexibility index (Phi) is 5.21. The lowest BCUT2D eigenvalue weighted by Crippen LogP contribution is -2.38. The molecule has 0 aromatic heterocycles. The van der Waals surface area contributed by atoms with Gasteiger partial charge in [0, 0.05) is 24.6 Å². The fourth-order valence-corrected chi connectivity index (χ4v) is 3.24. The SMILES string of the molecule is Cc1cc(C(=O)Nc2ccccc2N2CCC(C(N)=O)CC2)ccc1F. The Balaban J connectivity index is 1.76. The summed E-state index contributed by atoms with van der Waals surface area (Å²) in [5.41, 5.74) is 7.83. The van der Waals surface area contributed by atoms with Crippen molar-refractivity contribution < 1.29 is 14.0 Å². The highest BCUT2D eigenvalue weighted by atomic mass is 19.1. The lowest BCUT2D eigenvalue weighted by atomic mass is 9.96. The molecule has 3 rings (SSSR count). The summed E-state index contributed by atoms with van der Waals surface area (Å²) in [5.74, 6) is -0.958. The third kappa shape index (κ3) is 3.85. The number of hydrogen-bond donors (Lipinski definition) is 2. The van der Waals surface area contributed by atoms with Crippen LogP contribution >= 0.6 is 0 Å². The van der Waals surface area contributed by atoms with Gasteiger partial charge in [-0.1, -0.05) is 12.1 Å². The number of halogens is 1. The molecule has 0 spiro atoms.